The molecule has 1 aromatic heterocycles. The van der Waals surface area contributed by atoms with Crippen LogP contribution >= 0.6 is 0 Å². The van der Waals surface area contributed by atoms with Gasteiger partial charge in [-0.25, -0.2) is 4.39 Å². The summed E-state index contributed by atoms with van der Waals surface area (Å²) in [7, 11) is 3.74. The molecule has 0 aliphatic rings. The number of hydrogen-bond acceptors (Lipinski definition) is 4. The van der Waals surface area contributed by atoms with Gasteiger partial charge in [-0.15, -0.1) is 0 Å². The van der Waals surface area contributed by atoms with Crippen LogP contribution in [0.3, 0.4) is 0 Å². The van der Waals surface area contributed by atoms with Crippen LogP contribution in [-0.4, -0.2) is 31.8 Å². The summed E-state index contributed by atoms with van der Waals surface area (Å²) in [5.41, 5.74) is 11.9. The Balaban J connectivity index is 2.07. The summed E-state index contributed by atoms with van der Waals surface area (Å²) in [6, 6.07) is 10.4. The van der Waals surface area contributed by atoms with E-state index in [0.29, 0.717) is 12.8 Å². The van der Waals surface area contributed by atoms with E-state index >= 15 is 4.39 Å². The molecule has 4 N–H and O–H groups in total. The maximum atomic E-state index is 15.2. The normalized spacial score (nSPS) is 13.9. The Kier molecular flexibility index (Phi) is 9.13. The summed E-state index contributed by atoms with van der Waals surface area (Å²) in [6.45, 7) is 4.90. The highest BCUT2D eigenvalue weighted by molar-refractivity contribution is 5.63. The molecule has 4 nitrogen and oxygen atoms in total. The van der Waals surface area contributed by atoms with Crippen molar-refractivity contribution in [3.63, 3.8) is 0 Å². The Morgan fingerprint density at radius 1 is 1.17 bits per heavy atom. The lowest BCUT2D eigenvalue weighted by Gasteiger charge is -2.22. The molecule has 0 radical (unpaired) electrons. The third-order valence-electron chi connectivity index (χ3n) is 5.50. The fraction of sp³-hybridized carbons (Fsp3) is 0.458. The molecule has 2 atom stereocenters. The van der Waals surface area contributed by atoms with Crippen LogP contribution in [0.15, 0.2) is 42.7 Å². The maximum absolute atomic E-state index is 15.2. The minimum Gasteiger partial charge on any atom is -0.403 e. The first-order chi connectivity index (χ1) is 14.0. The number of halogens is 1. The number of hydrogen-bond donors (Lipinski definition) is 3. The summed E-state index contributed by atoms with van der Waals surface area (Å²) in [5, 5.41) is 6.22. The molecule has 0 spiro atoms. The topological polar surface area (TPSA) is 63.0 Å². The predicted molar refractivity (Wildman–Crippen MR) is 120 cm³/mol. The van der Waals surface area contributed by atoms with Crippen LogP contribution in [0.2, 0.25) is 0 Å². The van der Waals surface area contributed by atoms with Crippen LogP contribution in [0, 0.1) is 19.8 Å². The van der Waals surface area contributed by atoms with E-state index in [2.05, 4.69) is 52.9 Å². The van der Waals surface area contributed by atoms with Crippen molar-refractivity contribution in [2.45, 2.75) is 45.7 Å². The third kappa shape index (κ3) is 6.86. The van der Waals surface area contributed by atoms with Crippen molar-refractivity contribution in [3.8, 4) is 0 Å². The van der Waals surface area contributed by atoms with Gasteiger partial charge in [0.25, 0.3) is 0 Å². The first-order valence-electron chi connectivity index (χ1n) is 10.4. The molecule has 1 heterocycles. The van der Waals surface area contributed by atoms with Gasteiger partial charge in [0.2, 0.25) is 0 Å². The van der Waals surface area contributed by atoms with Gasteiger partial charge in [-0.05, 0) is 76.2 Å². The predicted octanol–water partition coefficient (Wildman–Crippen LogP) is 3.91. The van der Waals surface area contributed by atoms with Crippen molar-refractivity contribution in [1.82, 2.24) is 15.6 Å². The standard InChI is InChI=1S/C24H35FN4/c1-17-5-7-19(8-6-17)9-10-22(25)20(11-12-27-3)14-23-18(2)13-21(16-29-23)24(15-26)28-4/h5-8,13,15-16,20,22,27-28H,9-12,14,26H2,1-4H3/b24-15-. The maximum Gasteiger partial charge on any atom is 0.104 e. The van der Waals surface area contributed by atoms with Gasteiger partial charge in [-0.1, -0.05) is 29.8 Å². The molecule has 158 valence electrons. The first-order valence-corrected chi connectivity index (χ1v) is 10.4. The van der Waals surface area contributed by atoms with Gasteiger partial charge < -0.3 is 16.4 Å². The third-order valence-corrected chi connectivity index (χ3v) is 5.50. The summed E-state index contributed by atoms with van der Waals surface area (Å²) in [5.74, 6) is -0.0567. The van der Waals surface area contributed by atoms with Crippen molar-refractivity contribution in [3.05, 3.63) is 70.7 Å². The van der Waals surface area contributed by atoms with Gasteiger partial charge in [-0.3, -0.25) is 4.98 Å². The Morgan fingerprint density at radius 2 is 1.90 bits per heavy atom. The number of nitrogens with two attached hydrogens (primary N) is 1. The number of benzene rings is 1. The van der Waals surface area contributed by atoms with Gasteiger partial charge in [0.05, 0.1) is 5.70 Å². The number of pyridine rings is 1. The number of nitrogens with one attached hydrogen (secondary N) is 2. The lowest BCUT2D eigenvalue weighted by Crippen LogP contribution is -2.24. The average Bonchev–Trinajstić information content (AvgIpc) is 2.72. The zero-order valence-electron chi connectivity index (χ0n) is 18.1. The van der Waals surface area contributed by atoms with Gasteiger partial charge in [0, 0.05) is 30.7 Å². The Bertz CT molecular complexity index is 786. The van der Waals surface area contributed by atoms with Crippen molar-refractivity contribution in [1.29, 1.82) is 0 Å². The molecule has 0 fully saturated rings. The number of aromatic nitrogens is 1. The van der Waals surface area contributed by atoms with E-state index in [1.54, 1.807) is 0 Å². The van der Waals surface area contributed by atoms with Crippen molar-refractivity contribution in [2.75, 3.05) is 20.6 Å². The second-order valence-electron chi connectivity index (χ2n) is 7.71. The molecule has 2 rings (SSSR count). The van der Waals surface area contributed by atoms with Gasteiger partial charge in [0.1, 0.15) is 6.17 Å². The fourth-order valence-electron chi connectivity index (χ4n) is 3.57. The van der Waals surface area contributed by atoms with E-state index in [1.807, 2.05) is 27.2 Å². The van der Waals surface area contributed by atoms with E-state index in [1.165, 1.54) is 17.3 Å². The zero-order chi connectivity index (χ0) is 21.2. The van der Waals surface area contributed by atoms with E-state index in [9.17, 15) is 0 Å². The summed E-state index contributed by atoms with van der Waals surface area (Å²) >= 11 is 0. The van der Waals surface area contributed by atoms with E-state index in [-0.39, 0.29) is 5.92 Å². The zero-order valence-corrected chi connectivity index (χ0v) is 18.1. The molecule has 1 aromatic carbocycles. The monoisotopic (exact) mass is 398 g/mol. The van der Waals surface area contributed by atoms with Crippen molar-refractivity contribution >= 4 is 5.70 Å². The summed E-state index contributed by atoms with van der Waals surface area (Å²) in [6.07, 6.45) is 5.22. The molecule has 0 bridgehead atoms. The molecule has 0 aliphatic carbocycles. The number of aryl methyl sites for hydroxylation is 3. The SMILES string of the molecule is CNCCC(Cc1ncc(/C(=C/N)NC)cc1C)C(F)CCc1ccc(C)cc1. The van der Waals surface area contributed by atoms with Crippen molar-refractivity contribution < 1.29 is 4.39 Å². The molecule has 5 heteroatoms. The summed E-state index contributed by atoms with van der Waals surface area (Å²) < 4.78 is 15.2. The smallest absolute Gasteiger partial charge is 0.104 e. The van der Waals surface area contributed by atoms with E-state index < -0.39 is 6.17 Å². The highest BCUT2D eigenvalue weighted by Gasteiger charge is 2.22. The van der Waals surface area contributed by atoms with Gasteiger partial charge in [0.15, 0.2) is 0 Å². The largest absolute Gasteiger partial charge is 0.403 e. The van der Waals surface area contributed by atoms with Gasteiger partial charge >= 0.3 is 0 Å². The Hall–Kier alpha value is -2.40. The van der Waals surface area contributed by atoms with Crippen LogP contribution in [0.25, 0.3) is 5.70 Å². The quantitative estimate of drug-likeness (QED) is 0.537. The second kappa shape index (κ2) is 11.6. The molecule has 2 aromatic rings. The minimum atomic E-state index is -0.859. The molecule has 0 saturated carbocycles. The molecule has 0 amide bonds. The fourth-order valence-corrected chi connectivity index (χ4v) is 3.57. The van der Waals surface area contributed by atoms with Crippen LogP contribution in [-0.2, 0) is 12.8 Å². The average molecular weight is 399 g/mol. The highest BCUT2D eigenvalue weighted by atomic mass is 19.1. The minimum absolute atomic E-state index is 0.0567. The molecule has 0 aliphatic heterocycles. The lowest BCUT2D eigenvalue weighted by molar-refractivity contribution is 0.201. The van der Waals surface area contributed by atoms with Crippen LogP contribution in [0.1, 0.15) is 40.8 Å². The van der Waals surface area contributed by atoms with Crippen molar-refractivity contribution in [2.24, 2.45) is 11.7 Å². The number of alkyl halides is 1. The van der Waals surface area contributed by atoms with Crippen LogP contribution in [0.4, 0.5) is 4.39 Å². The van der Waals surface area contributed by atoms with E-state index in [4.69, 9.17) is 5.73 Å². The molecule has 29 heavy (non-hydrogen) atoms. The van der Waals surface area contributed by atoms with E-state index in [0.717, 1.165) is 41.9 Å². The van der Waals surface area contributed by atoms with Gasteiger partial charge in [-0.2, -0.15) is 0 Å². The molecular formula is C24H35FN4. The Morgan fingerprint density at radius 3 is 2.48 bits per heavy atom. The summed E-state index contributed by atoms with van der Waals surface area (Å²) in [4.78, 5) is 4.63. The first kappa shape index (κ1) is 22.9. The molecular weight excluding hydrogens is 363 g/mol. The van der Waals surface area contributed by atoms with Crippen LogP contribution < -0.4 is 16.4 Å². The Labute approximate surface area is 174 Å². The highest BCUT2D eigenvalue weighted by Crippen LogP contribution is 2.24. The number of rotatable bonds is 11. The molecule has 0 saturated heterocycles. The van der Waals surface area contributed by atoms with Crippen LogP contribution in [0.5, 0.6) is 0 Å². The lowest BCUT2D eigenvalue weighted by atomic mass is 9.89. The molecule has 2 unspecified atom stereocenters. The second-order valence-corrected chi connectivity index (χ2v) is 7.71. The number of nitrogens with zero attached hydrogens (tertiary/aromatic N) is 1.